The maximum Gasteiger partial charge on any atom is 0.174 e. The van der Waals surface area contributed by atoms with Crippen LogP contribution in [0.4, 0.5) is 5.82 Å². The third kappa shape index (κ3) is 4.64. The van der Waals surface area contributed by atoms with Gasteiger partial charge in [-0.25, -0.2) is 9.97 Å². The smallest absolute Gasteiger partial charge is 0.174 e. The first-order valence-corrected chi connectivity index (χ1v) is 11.7. The average Bonchev–Trinajstić information content (AvgIpc) is 3.23. The van der Waals surface area contributed by atoms with E-state index < -0.39 is 0 Å². The van der Waals surface area contributed by atoms with Gasteiger partial charge in [-0.15, -0.1) is 0 Å². The number of nitrogens with two attached hydrogens (primary N) is 1. The van der Waals surface area contributed by atoms with Crippen LogP contribution in [0, 0.1) is 3.57 Å². The minimum atomic E-state index is 0.115. The Morgan fingerprint density at radius 2 is 2.17 bits per heavy atom. The van der Waals surface area contributed by atoms with E-state index in [-0.39, 0.29) is 5.54 Å². The number of rotatable bonds is 6. The molecule has 3 aromatic rings. The summed E-state index contributed by atoms with van der Waals surface area (Å²) in [5.41, 5.74) is 9.32. The van der Waals surface area contributed by atoms with Gasteiger partial charge in [0, 0.05) is 33.2 Å². The van der Waals surface area contributed by atoms with Crippen LogP contribution < -0.4 is 15.8 Å². The molecule has 0 amide bonds. The van der Waals surface area contributed by atoms with Crippen LogP contribution in [0.3, 0.4) is 0 Å². The van der Waals surface area contributed by atoms with Crippen molar-refractivity contribution in [2.45, 2.75) is 55.7 Å². The number of pyridine rings is 1. The standard InChI is InChI=1S/C21H26IN5OS/c1-21(2,3)25-7-4-9-27-15-5-8-24-19(23)18(15)26-20(27)29-17-12-16-13(6-10-28-16)11-14(17)22/h5,8,11-12,25H,4,6-7,9-10H2,1-3H3,(H2,23,24). The van der Waals surface area contributed by atoms with Crippen molar-refractivity contribution in [3.63, 3.8) is 0 Å². The van der Waals surface area contributed by atoms with Crippen LogP contribution in [-0.4, -0.2) is 33.2 Å². The van der Waals surface area contributed by atoms with E-state index in [0.717, 1.165) is 59.4 Å². The van der Waals surface area contributed by atoms with E-state index in [4.69, 9.17) is 15.5 Å². The van der Waals surface area contributed by atoms with Crippen molar-refractivity contribution in [2.75, 3.05) is 18.9 Å². The summed E-state index contributed by atoms with van der Waals surface area (Å²) in [7, 11) is 0. The molecule has 0 unspecified atom stereocenters. The molecule has 8 heteroatoms. The zero-order valence-corrected chi connectivity index (χ0v) is 19.9. The number of nitrogens with one attached hydrogen (secondary N) is 1. The number of aromatic nitrogens is 3. The molecule has 0 saturated carbocycles. The summed E-state index contributed by atoms with van der Waals surface area (Å²) < 4.78 is 9.24. The van der Waals surface area contributed by atoms with E-state index >= 15 is 0 Å². The number of aryl methyl sites for hydroxylation is 1. The van der Waals surface area contributed by atoms with E-state index in [0.29, 0.717) is 5.82 Å². The molecule has 0 radical (unpaired) electrons. The van der Waals surface area contributed by atoms with Gasteiger partial charge in [0.1, 0.15) is 11.3 Å². The van der Waals surface area contributed by atoms with Gasteiger partial charge in [-0.1, -0.05) is 11.8 Å². The third-order valence-corrected chi connectivity index (χ3v) is 7.13. The lowest BCUT2D eigenvalue weighted by molar-refractivity contribution is 0.356. The van der Waals surface area contributed by atoms with Gasteiger partial charge in [0.25, 0.3) is 0 Å². The highest BCUT2D eigenvalue weighted by atomic mass is 127. The van der Waals surface area contributed by atoms with Crippen LogP contribution in [0.25, 0.3) is 11.0 Å². The normalized spacial score (nSPS) is 13.7. The number of imidazole rings is 1. The second-order valence-electron chi connectivity index (χ2n) is 8.23. The minimum Gasteiger partial charge on any atom is -0.493 e. The zero-order valence-electron chi connectivity index (χ0n) is 17.0. The number of halogens is 1. The number of benzene rings is 1. The highest BCUT2D eigenvalue weighted by molar-refractivity contribution is 14.1. The number of ether oxygens (including phenoxy) is 1. The summed E-state index contributed by atoms with van der Waals surface area (Å²) in [6.07, 6.45) is 3.74. The Morgan fingerprint density at radius 1 is 1.34 bits per heavy atom. The number of fused-ring (bicyclic) bond motifs is 2. The van der Waals surface area contributed by atoms with E-state index in [2.05, 4.69) is 70.4 Å². The third-order valence-electron chi connectivity index (χ3n) is 4.82. The molecule has 0 spiro atoms. The van der Waals surface area contributed by atoms with Crippen molar-refractivity contribution in [1.82, 2.24) is 19.9 Å². The molecule has 1 aliphatic rings. The van der Waals surface area contributed by atoms with Gasteiger partial charge in [0.15, 0.2) is 11.0 Å². The molecule has 0 atom stereocenters. The molecule has 0 saturated heterocycles. The van der Waals surface area contributed by atoms with Crippen LogP contribution >= 0.6 is 34.4 Å². The number of nitrogen functional groups attached to an aromatic ring is 1. The zero-order chi connectivity index (χ0) is 20.6. The van der Waals surface area contributed by atoms with Crippen molar-refractivity contribution in [3.8, 4) is 5.75 Å². The van der Waals surface area contributed by atoms with Gasteiger partial charge in [0.2, 0.25) is 0 Å². The van der Waals surface area contributed by atoms with E-state index in [1.54, 1.807) is 18.0 Å². The number of nitrogens with zero attached hydrogens (tertiary/aromatic N) is 3. The number of hydrogen-bond donors (Lipinski definition) is 2. The molecule has 0 bridgehead atoms. The van der Waals surface area contributed by atoms with Crippen LogP contribution in [0.5, 0.6) is 5.75 Å². The molecule has 29 heavy (non-hydrogen) atoms. The molecule has 3 N–H and O–H groups in total. The van der Waals surface area contributed by atoms with Crippen LogP contribution in [0.15, 0.2) is 34.4 Å². The first-order chi connectivity index (χ1) is 13.8. The lowest BCUT2D eigenvalue weighted by atomic mass is 10.1. The Labute approximate surface area is 189 Å². The van der Waals surface area contributed by atoms with E-state index in [1.807, 2.05) is 6.07 Å². The van der Waals surface area contributed by atoms with Crippen LogP contribution in [-0.2, 0) is 13.0 Å². The summed E-state index contributed by atoms with van der Waals surface area (Å²) in [5, 5.41) is 4.49. The summed E-state index contributed by atoms with van der Waals surface area (Å²) in [4.78, 5) is 10.2. The Balaban J connectivity index is 1.64. The van der Waals surface area contributed by atoms with Gasteiger partial charge in [-0.3, -0.25) is 0 Å². The molecule has 4 rings (SSSR count). The predicted molar refractivity (Wildman–Crippen MR) is 127 cm³/mol. The lowest BCUT2D eigenvalue weighted by Crippen LogP contribution is -2.36. The first kappa shape index (κ1) is 20.7. The SMILES string of the molecule is CC(C)(C)NCCCn1c(Sc2cc3c(cc2I)CCO3)nc2c(N)nccc21. The van der Waals surface area contributed by atoms with Crippen molar-refractivity contribution in [2.24, 2.45) is 0 Å². The van der Waals surface area contributed by atoms with E-state index in [1.165, 1.54) is 9.13 Å². The maximum absolute atomic E-state index is 6.12. The molecule has 3 heterocycles. The van der Waals surface area contributed by atoms with Crippen LogP contribution in [0.1, 0.15) is 32.8 Å². The van der Waals surface area contributed by atoms with Crippen molar-refractivity contribution in [1.29, 1.82) is 0 Å². The molecule has 154 valence electrons. The Morgan fingerprint density at radius 3 is 2.97 bits per heavy atom. The first-order valence-electron chi connectivity index (χ1n) is 9.80. The minimum absolute atomic E-state index is 0.115. The molecule has 2 aromatic heterocycles. The summed E-state index contributed by atoms with van der Waals surface area (Å²) in [6.45, 7) is 9.13. The molecule has 1 aromatic carbocycles. The van der Waals surface area contributed by atoms with Crippen molar-refractivity contribution >= 4 is 51.2 Å². The highest BCUT2D eigenvalue weighted by Gasteiger charge is 2.19. The Bertz CT molecular complexity index is 1040. The second-order valence-corrected chi connectivity index (χ2v) is 10.4. The van der Waals surface area contributed by atoms with Gasteiger partial charge < -0.3 is 20.4 Å². The summed E-state index contributed by atoms with van der Waals surface area (Å²) >= 11 is 4.07. The van der Waals surface area contributed by atoms with E-state index in [9.17, 15) is 0 Å². The molecule has 0 fully saturated rings. The number of anilines is 1. The summed E-state index contributed by atoms with van der Waals surface area (Å²) in [5.74, 6) is 1.47. The number of hydrogen-bond acceptors (Lipinski definition) is 6. The van der Waals surface area contributed by atoms with Gasteiger partial charge in [0.05, 0.1) is 12.1 Å². The van der Waals surface area contributed by atoms with Gasteiger partial charge >= 0.3 is 0 Å². The molecule has 6 nitrogen and oxygen atoms in total. The Hall–Kier alpha value is -1.52. The molecular weight excluding hydrogens is 497 g/mol. The topological polar surface area (TPSA) is 78.0 Å². The Kier molecular flexibility index (Phi) is 5.94. The van der Waals surface area contributed by atoms with Gasteiger partial charge in [-0.05, 0) is 80.1 Å². The predicted octanol–water partition coefficient (Wildman–Crippen LogP) is 4.48. The molecular formula is C21H26IN5OS. The van der Waals surface area contributed by atoms with Crippen molar-refractivity contribution in [3.05, 3.63) is 33.5 Å². The largest absolute Gasteiger partial charge is 0.493 e. The lowest BCUT2D eigenvalue weighted by Gasteiger charge is -2.20. The fraction of sp³-hybridized carbons (Fsp3) is 0.429. The fourth-order valence-corrected chi connectivity index (χ4v) is 5.22. The average molecular weight is 523 g/mol. The monoisotopic (exact) mass is 523 g/mol. The highest BCUT2D eigenvalue weighted by Crippen LogP contribution is 2.39. The second kappa shape index (κ2) is 8.31. The van der Waals surface area contributed by atoms with Crippen molar-refractivity contribution < 1.29 is 4.74 Å². The van der Waals surface area contributed by atoms with Crippen LogP contribution in [0.2, 0.25) is 0 Å². The van der Waals surface area contributed by atoms with Gasteiger partial charge in [-0.2, -0.15) is 0 Å². The summed E-state index contributed by atoms with van der Waals surface area (Å²) in [6, 6.07) is 6.36. The fourth-order valence-electron chi connectivity index (χ4n) is 3.40. The molecule has 0 aliphatic carbocycles. The maximum atomic E-state index is 6.12. The molecule has 1 aliphatic heterocycles. The quantitative estimate of drug-likeness (QED) is 0.367.